The van der Waals surface area contributed by atoms with E-state index in [-0.39, 0.29) is 37.0 Å². The SMILES string of the molecule is CCCCCNc1nc(N)nc2ccn(Cc3ccc(CN4CCN(C(=O)CCOCCOCCn5cc(CNC(=O)C(CCSC[C@H](N)C(=O)O)CC(=O)O)nn5)CC4)cc3OC)c12. The third-order valence-corrected chi connectivity index (χ3v) is 12.0. The number of carboxylic acids is 2. The van der Waals surface area contributed by atoms with Gasteiger partial charge in [-0.05, 0) is 36.3 Å². The smallest absolute Gasteiger partial charge is 0.321 e. The Hall–Kier alpha value is -5.55. The van der Waals surface area contributed by atoms with E-state index in [1.807, 2.05) is 17.2 Å². The van der Waals surface area contributed by atoms with E-state index in [4.69, 9.17) is 30.8 Å². The molecule has 0 radical (unpaired) electrons. The van der Waals surface area contributed by atoms with Crippen LogP contribution in [0.1, 0.15) is 62.3 Å². The van der Waals surface area contributed by atoms with Crippen LogP contribution in [0.3, 0.4) is 0 Å². The number of piperazine rings is 1. The third kappa shape index (κ3) is 16.4. The van der Waals surface area contributed by atoms with E-state index < -0.39 is 29.8 Å². The number of rotatable bonds is 30. The number of carbonyl (C=O) groups excluding carboxylic acids is 2. The van der Waals surface area contributed by atoms with Crippen LogP contribution in [0.4, 0.5) is 11.8 Å². The van der Waals surface area contributed by atoms with Gasteiger partial charge in [-0.2, -0.15) is 16.7 Å². The van der Waals surface area contributed by atoms with E-state index in [0.29, 0.717) is 70.5 Å². The van der Waals surface area contributed by atoms with Crippen LogP contribution in [0.5, 0.6) is 5.75 Å². The van der Waals surface area contributed by atoms with Crippen molar-refractivity contribution in [2.24, 2.45) is 11.7 Å². The molecule has 0 bridgehead atoms. The van der Waals surface area contributed by atoms with Crippen molar-refractivity contribution in [2.45, 2.75) is 77.7 Å². The number of thioether (sulfide) groups is 1. The van der Waals surface area contributed by atoms with Crippen molar-refractivity contribution >= 4 is 58.3 Å². The van der Waals surface area contributed by atoms with Crippen LogP contribution in [0.2, 0.25) is 0 Å². The normalized spacial score (nSPS) is 14.0. The minimum absolute atomic E-state index is 0.0642. The quantitative estimate of drug-likeness (QED) is 0.0409. The van der Waals surface area contributed by atoms with Crippen molar-refractivity contribution in [2.75, 3.05) is 88.8 Å². The summed E-state index contributed by atoms with van der Waals surface area (Å²) >= 11 is 1.26. The third-order valence-electron chi connectivity index (χ3n) is 10.9. The lowest BCUT2D eigenvalue weighted by molar-refractivity contribution is -0.141. The zero-order valence-electron chi connectivity index (χ0n) is 37.4. The molecule has 5 rings (SSSR count). The number of anilines is 2. The number of ether oxygens (including phenoxy) is 3. The number of benzene rings is 1. The van der Waals surface area contributed by atoms with Gasteiger partial charge in [0.25, 0.3) is 0 Å². The molecular formula is C43H64N12O9S. The molecule has 8 N–H and O–H groups in total. The molecule has 65 heavy (non-hydrogen) atoms. The van der Waals surface area contributed by atoms with Gasteiger partial charge in [0.2, 0.25) is 17.8 Å². The molecule has 1 saturated heterocycles. The number of carbonyl (C=O) groups is 4. The lowest BCUT2D eigenvalue weighted by Gasteiger charge is -2.35. The zero-order valence-corrected chi connectivity index (χ0v) is 38.2. The number of methoxy groups -OCH3 is 1. The zero-order chi connectivity index (χ0) is 46.6. The van der Waals surface area contributed by atoms with Crippen molar-refractivity contribution in [3.8, 4) is 5.75 Å². The predicted molar refractivity (Wildman–Crippen MR) is 245 cm³/mol. The fourth-order valence-electron chi connectivity index (χ4n) is 7.27. The van der Waals surface area contributed by atoms with Crippen molar-refractivity contribution in [3.05, 3.63) is 53.5 Å². The molecule has 1 fully saturated rings. The fourth-order valence-corrected chi connectivity index (χ4v) is 8.28. The number of nitrogens with one attached hydrogen (secondary N) is 2. The van der Waals surface area contributed by atoms with E-state index in [0.717, 1.165) is 79.2 Å². The number of hydrogen-bond donors (Lipinski definition) is 6. The van der Waals surface area contributed by atoms with E-state index in [1.54, 1.807) is 18.0 Å². The summed E-state index contributed by atoms with van der Waals surface area (Å²) in [5.74, 6) is -1.03. The molecule has 4 aromatic rings. The lowest BCUT2D eigenvalue weighted by Crippen LogP contribution is -2.48. The molecule has 0 spiro atoms. The number of nitrogens with two attached hydrogens (primary N) is 2. The van der Waals surface area contributed by atoms with Crippen molar-refractivity contribution in [1.82, 2.24) is 44.6 Å². The Kier molecular flexibility index (Phi) is 20.5. The molecule has 3 aromatic heterocycles. The number of unbranched alkanes of at least 4 members (excludes halogenated alkanes) is 2. The summed E-state index contributed by atoms with van der Waals surface area (Å²) < 4.78 is 20.9. The highest BCUT2D eigenvalue weighted by Crippen LogP contribution is 2.28. The standard InChI is InChI=1S/C43H64N12O9S/c1-3-4-5-11-46-40-39-35(48-43(45)49-40)8-12-54(39)27-32-7-6-30(23-36(32)62-2)26-52-13-15-53(16-14-52)37(56)9-18-63-20-21-64-19-17-55-28-33(50-51-55)25-47-41(59)31(24-38(57)58)10-22-65-29-34(44)42(60)61/h6-8,12,23,28,31,34H,3-5,9-11,13-22,24-27,29,44H2,1-2H3,(H,47,59)(H,57,58)(H,60,61)(H3,45,46,48,49)/t31?,34-/m0/s1. The van der Waals surface area contributed by atoms with Gasteiger partial charge in [-0.15, -0.1) is 5.10 Å². The van der Waals surface area contributed by atoms with Crippen LogP contribution in [0, 0.1) is 5.92 Å². The minimum atomic E-state index is -1.12. The first-order valence-corrected chi connectivity index (χ1v) is 23.2. The van der Waals surface area contributed by atoms with Crippen LogP contribution >= 0.6 is 11.8 Å². The van der Waals surface area contributed by atoms with Gasteiger partial charge in [0.15, 0.2) is 5.82 Å². The van der Waals surface area contributed by atoms with Crippen LogP contribution in [0.15, 0.2) is 36.7 Å². The maximum Gasteiger partial charge on any atom is 0.321 e. The lowest BCUT2D eigenvalue weighted by atomic mass is 10.0. The number of hydrogen-bond acceptors (Lipinski definition) is 16. The first-order chi connectivity index (χ1) is 31.4. The number of amides is 2. The second-order valence-electron chi connectivity index (χ2n) is 15.8. The maximum atomic E-state index is 12.9. The van der Waals surface area contributed by atoms with Crippen LogP contribution in [-0.2, 0) is 54.8 Å². The average Bonchev–Trinajstić information content (AvgIpc) is 3.93. The van der Waals surface area contributed by atoms with E-state index in [2.05, 4.69) is 65.5 Å². The molecule has 1 unspecified atom stereocenters. The number of nitrogen functional groups attached to an aromatic ring is 1. The Morgan fingerprint density at radius 3 is 2.51 bits per heavy atom. The highest BCUT2D eigenvalue weighted by Gasteiger charge is 2.24. The number of carboxylic acid groups (broad SMARTS) is 2. The Morgan fingerprint density at radius 1 is 0.985 bits per heavy atom. The van der Waals surface area contributed by atoms with Gasteiger partial charge in [0.1, 0.15) is 23.0 Å². The number of aliphatic carboxylic acids is 2. The molecule has 0 aliphatic carbocycles. The highest BCUT2D eigenvalue weighted by atomic mass is 32.2. The Morgan fingerprint density at radius 2 is 1.77 bits per heavy atom. The topological polar surface area (TPSA) is 280 Å². The summed E-state index contributed by atoms with van der Waals surface area (Å²) in [6.07, 6.45) is 7.20. The summed E-state index contributed by atoms with van der Waals surface area (Å²) in [5.41, 5.74) is 15.9. The van der Waals surface area contributed by atoms with E-state index >= 15 is 0 Å². The summed E-state index contributed by atoms with van der Waals surface area (Å²) in [6.45, 7) is 8.95. The minimum Gasteiger partial charge on any atom is -0.496 e. The van der Waals surface area contributed by atoms with Gasteiger partial charge in [0, 0.05) is 62.7 Å². The molecule has 1 aliphatic rings. The maximum absolute atomic E-state index is 12.9. The van der Waals surface area contributed by atoms with Crippen LogP contribution in [-0.4, -0.2) is 157 Å². The van der Waals surface area contributed by atoms with Crippen molar-refractivity contribution < 1.29 is 43.6 Å². The monoisotopic (exact) mass is 924 g/mol. The summed E-state index contributed by atoms with van der Waals surface area (Å²) in [4.78, 5) is 61.0. The van der Waals surface area contributed by atoms with Crippen LogP contribution < -0.4 is 26.8 Å². The Labute approximate surface area is 382 Å². The molecule has 21 nitrogen and oxygen atoms in total. The first kappa shape index (κ1) is 50.4. The molecule has 2 atom stereocenters. The second-order valence-corrected chi connectivity index (χ2v) is 17.0. The van der Waals surface area contributed by atoms with Gasteiger partial charge in [0.05, 0.1) is 77.7 Å². The first-order valence-electron chi connectivity index (χ1n) is 22.1. The Balaban J connectivity index is 0.937. The number of nitrogens with zero attached hydrogens (tertiary/aromatic N) is 8. The van der Waals surface area contributed by atoms with E-state index in [1.165, 1.54) is 11.8 Å². The fraction of sp³-hybridized carbons (Fsp3) is 0.581. The molecule has 2 amide bonds. The van der Waals surface area contributed by atoms with Gasteiger partial charge >= 0.3 is 11.9 Å². The number of fused-ring (bicyclic) bond motifs is 1. The molecule has 356 valence electrons. The van der Waals surface area contributed by atoms with Crippen molar-refractivity contribution in [1.29, 1.82) is 0 Å². The van der Waals surface area contributed by atoms with Gasteiger partial charge in [-0.25, -0.2) is 9.67 Å². The summed E-state index contributed by atoms with van der Waals surface area (Å²) in [5, 5.41) is 32.4. The largest absolute Gasteiger partial charge is 0.496 e. The molecule has 1 aliphatic heterocycles. The molecule has 4 heterocycles. The average molecular weight is 925 g/mol. The van der Waals surface area contributed by atoms with Gasteiger partial charge in [-0.3, -0.25) is 24.1 Å². The van der Waals surface area contributed by atoms with Crippen LogP contribution in [0.25, 0.3) is 11.0 Å². The summed E-state index contributed by atoms with van der Waals surface area (Å²) in [6, 6.07) is 7.27. The summed E-state index contributed by atoms with van der Waals surface area (Å²) in [7, 11) is 1.69. The van der Waals surface area contributed by atoms with E-state index in [9.17, 15) is 24.3 Å². The predicted octanol–water partition coefficient (Wildman–Crippen LogP) is 2.27. The second kappa shape index (κ2) is 26.4. The highest BCUT2D eigenvalue weighted by molar-refractivity contribution is 7.99. The van der Waals surface area contributed by atoms with Gasteiger partial charge < -0.3 is 56.0 Å². The number of aromatic nitrogens is 6. The molecule has 1 aromatic carbocycles. The molecule has 0 saturated carbocycles. The Bertz CT molecular complexity index is 2150. The molecular weight excluding hydrogens is 861 g/mol. The molecule has 22 heteroatoms. The van der Waals surface area contributed by atoms with Gasteiger partial charge in [-0.1, -0.05) is 37.1 Å². The van der Waals surface area contributed by atoms with Crippen molar-refractivity contribution in [3.63, 3.8) is 0 Å².